The number of hydrogen-bond donors (Lipinski definition) is 1. The fourth-order valence-electron chi connectivity index (χ4n) is 2.59. The summed E-state index contributed by atoms with van der Waals surface area (Å²) >= 11 is 10.9. The first-order valence-electron chi connectivity index (χ1n) is 6.88. The van der Waals surface area contributed by atoms with Crippen molar-refractivity contribution in [3.63, 3.8) is 0 Å². The molecule has 1 saturated heterocycles. The van der Waals surface area contributed by atoms with Gasteiger partial charge in [-0.2, -0.15) is 0 Å². The number of nitrogens with two attached hydrogens (primary N) is 1. The van der Waals surface area contributed by atoms with Crippen molar-refractivity contribution in [2.24, 2.45) is 5.73 Å². The topological polar surface area (TPSA) is 41.7 Å². The van der Waals surface area contributed by atoms with Crippen LogP contribution in [0, 0.1) is 0 Å². The highest BCUT2D eigenvalue weighted by atomic mass is 32.1. The molecule has 0 amide bonds. The van der Waals surface area contributed by atoms with Crippen molar-refractivity contribution in [2.45, 2.75) is 45.9 Å². The molecule has 4 nitrogen and oxygen atoms in total. The summed E-state index contributed by atoms with van der Waals surface area (Å²) in [6.45, 7) is 11.7. The summed E-state index contributed by atoms with van der Waals surface area (Å²) in [7, 11) is 0. The molecule has 0 saturated carbocycles. The minimum atomic E-state index is -0.140. The van der Waals surface area contributed by atoms with Crippen LogP contribution in [0.25, 0.3) is 0 Å². The molecule has 2 N–H and O–H groups in total. The lowest BCUT2D eigenvalue weighted by Crippen LogP contribution is -2.59. The summed E-state index contributed by atoms with van der Waals surface area (Å²) in [6, 6.07) is -0.140. The molecule has 1 aliphatic rings. The van der Waals surface area contributed by atoms with E-state index in [1.165, 1.54) is 0 Å². The first-order valence-corrected chi connectivity index (χ1v) is 7.69. The van der Waals surface area contributed by atoms with E-state index in [4.69, 9.17) is 34.9 Å². The maximum atomic E-state index is 5.94. The third kappa shape index (κ3) is 4.34. The van der Waals surface area contributed by atoms with Crippen LogP contribution in [0.2, 0.25) is 0 Å². The SMILES string of the molecule is CCN(CC)C(=S)C(C(N)=S)N1CC(C)OC(C)C1. The van der Waals surface area contributed by atoms with Crippen LogP contribution in [0.15, 0.2) is 0 Å². The average molecular weight is 303 g/mol. The van der Waals surface area contributed by atoms with Gasteiger partial charge in [-0.3, -0.25) is 4.90 Å². The molecule has 1 fully saturated rings. The van der Waals surface area contributed by atoms with Gasteiger partial charge in [0.05, 0.1) is 17.2 Å². The standard InChI is InChI=1S/C13H25N3OS2/c1-5-15(6-2)13(19)11(12(14)18)16-7-9(3)17-10(4)8-16/h9-11H,5-8H2,1-4H3,(H2,14,18). The molecular weight excluding hydrogens is 278 g/mol. The molecular formula is C13H25N3OS2. The predicted molar refractivity (Wildman–Crippen MR) is 87.7 cm³/mol. The Morgan fingerprint density at radius 1 is 1.26 bits per heavy atom. The number of hydrogen-bond acceptors (Lipinski definition) is 4. The Hall–Kier alpha value is -0.300. The van der Waals surface area contributed by atoms with Gasteiger partial charge in [0.15, 0.2) is 0 Å². The van der Waals surface area contributed by atoms with E-state index in [1.54, 1.807) is 0 Å². The normalized spacial score (nSPS) is 25.9. The summed E-state index contributed by atoms with van der Waals surface area (Å²) in [5, 5.41) is 0. The van der Waals surface area contributed by atoms with Gasteiger partial charge >= 0.3 is 0 Å². The number of likely N-dealkylation sites (N-methyl/N-ethyl adjacent to an activating group) is 1. The lowest BCUT2D eigenvalue weighted by Gasteiger charge is -2.41. The Morgan fingerprint density at radius 2 is 1.74 bits per heavy atom. The first kappa shape index (κ1) is 16.8. The number of thiocarbonyl (C=S) groups is 2. The molecule has 0 aromatic heterocycles. The largest absolute Gasteiger partial charge is 0.392 e. The molecule has 0 aromatic carbocycles. The van der Waals surface area contributed by atoms with E-state index in [9.17, 15) is 0 Å². The Bertz CT molecular complexity index is 324. The molecule has 1 heterocycles. The summed E-state index contributed by atoms with van der Waals surface area (Å²) in [5.41, 5.74) is 5.94. The Labute approximate surface area is 127 Å². The minimum absolute atomic E-state index is 0.140. The van der Waals surface area contributed by atoms with Crippen LogP contribution < -0.4 is 5.73 Å². The van der Waals surface area contributed by atoms with Gasteiger partial charge in [-0.15, -0.1) is 0 Å². The van der Waals surface area contributed by atoms with E-state index in [-0.39, 0.29) is 18.2 Å². The molecule has 3 unspecified atom stereocenters. The molecule has 1 rings (SSSR count). The van der Waals surface area contributed by atoms with Gasteiger partial charge in [-0.25, -0.2) is 0 Å². The highest BCUT2D eigenvalue weighted by molar-refractivity contribution is 7.82. The molecule has 0 bridgehead atoms. The maximum Gasteiger partial charge on any atom is 0.111 e. The monoisotopic (exact) mass is 303 g/mol. The van der Waals surface area contributed by atoms with E-state index in [1.807, 2.05) is 0 Å². The fraction of sp³-hybridized carbons (Fsp3) is 0.846. The second-order valence-corrected chi connectivity index (χ2v) is 5.92. The average Bonchev–Trinajstić information content (AvgIpc) is 2.28. The van der Waals surface area contributed by atoms with Gasteiger partial charge in [-0.1, -0.05) is 24.4 Å². The second kappa shape index (κ2) is 7.47. The van der Waals surface area contributed by atoms with Gasteiger partial charge in [0.2, 0.25) is 0 Å². The zero-order valence-corrected chi connectivity index (χ0v) is 13.9. The van der Waals surface area contributed by atoms with Crippen molar-refractivity contribution in [3.05, 3.63) is 0 Å². The third-order valence-corrected chi connectivity index (χ3v) is 4.10. The summed E-state index contributed by atoms with van der Waals surface area (Å²) in [4.78, 5) is 5.68. The first-order chi connectivity index (χ1) is 8.90. The quantitative estimate of drug-likeness (QED) is 0.775. The minimum Gasteiger partial charge on any atom is -0.392 e. The lowest BCUT2D eigenvalue weighted by atomic mass is 10.1. The van der Waals surface area contributed by atoms with Crippen molar-refractivity contribution in [2.75, 3.05) is 26.2 Å². The highest BCUT2D eigenvalue weighted by Gasteiger charge is 2.33. The number of nitrogens with zero attached hydrogens (tertiary/aromatic N) is 2. The van der Waals surface area contributed by atoms with Gasteiger partial charge < -0.3 is 15.4 Å². The van der Waals surface area contributed by atoms with Crippen LogP contribution in [-0.2, 0) is 4.74 Å². The number of ether oxygens (including phenoxy) is 1. The predicted octanol–water partition coefficient (Wildman–Crippen LogP) is 1.42. The Morgan fingerprint density at radius 3 is 2.11 bits per heavy atom. The van der Waals surface area contributed by atoms with Crippen molar-refractivity contribution in [3.8, 4) is 0 Å². The number of rotatable bonds is 5. The third-order valence-electron chi connectivity index (χ3n) is 3.39. The molecule has 110 valence electrons. The molecule has 0 aliphatic carbocycles. The smallest absolute Gasteiger partial charge is 0.111 e. The van der Waals surface area contributed by atoms with Gasteiger partial charge in [0.1, 0.15) is 11.0 Å². The van der Waals surface area contributed by atoms with Crippen molar-refractivity contribution < 1.29 is 4.74 Å². The van der Waals surface area contributed by atoms with Crippen LogP contribution in [0.3, 0.4) is 0 Å². The van der Waals surface area contributed by atoms with Gasteiger partial charge in [-0.05, 0) is 27.7 Å². The zero-order chi connectivity index (χ0) is 14.6. The van der Waals surface area contributed by atoms with Crippen molar-refractivity contribution in [1.29, 1.82) is 0 Å². The molecule has 0 aromatic rings. The lowest BCUT2D eigenvalue weighted by molar-refractivity contribution is -0.0683. The molecule has 0 radical (unpaired) electrons. The van der Waals surface area contributed by atoms with E-state index >= 15 is 0 Å². The van der Waals surface area contributed by atoms with Gasteiger partial charge in [0, 0.05) is 26.2 Å². The highest BCUT2D eigenvalue weighted by Crippen LogP contribution is 2.16. The van der Waals surface area contributed by atoms with E-state index in [0.717, 1.165) is 31.2 Å². The second-order valence-electron chi connectivity index (χ2n) is 5.03. The van der Waals surface area contributed by atoms with Crippen LogP contribution >= 0.6 is 24.4 Å². The van der Waals surface area contributed by atoms with Crippen LogP contribution in [-0.4, -0.2) is 64.2 Å². The van der Waals surface area contributed by atoms with Crippen molar-refractivity contribution in [1.82, 2.24) is 9.80 Å². The summed E-state index contributed by atoms with van der Waals surface area (Å²) < 4.78 is 5.76. The molecule has 19 heavy (non-hydrogen) atoms. The fourth-order valence-corrected chi connectivity index (χ4v) is 3.46. The van der Waals surface area contributed by atoms with E-state index in [0.29, 0.717) is 4.99 Å². The van der Waals surface area contributed by atoms with E-state index in [2.05, 4.69) is 37.5 Å². The summed E-state index contributed by atoms with van der Waals surface area (Å²) in [5.74, 6) is 0. The van der Waals surface area contributed by atoms with Crippen LogP contribution in [0.5, 0.6) is 0 Å². The molecule has 3 atom stereocenters. The van der Waals surface area contributed by atoms with E-state index < -0.39 is 0 Å². The molecule has 0 spiro atoms. The summed E-state index contributed by atoms with van der Waals surface area (Å²) in [6.07, 6.45) is 0.361. The Kier molecular flexibility index (Phi) is 6.59. The number of morpholine rings is 1. The molecule has 1 aliphatic heterocycles. The Balaban J connectivity index is 2.88. The van der Waals surface area contributed by atoms with Crippen LogP contribution in [0.4, 0.5) is 0 Å². The maximum absolute atomic E-state index is 5.94. The van der Waals surface area contributed by atoms with Crippen LogP contribution in [0.1, 0.15) is 27.7 Å². The molecule has 6 heteroatoms. The zero-order valence-electron chi connectivity index (χ0n) is 12.3. The van der Waals surface area contributed by atoms with Crippen molar-refractivity contribution >= 4 is 34.4 Å². The van der Waals surface area contributed by atoms with Gasteiger partial charge in [0.25, 0.3) is 0 Å².